The highest BCUT2D eigenvalue weighted by Gasteiger charge is 2.06. The molecule has 94 valence electrons. The number of hydrogen-bond donors (Lipinski definition) is 1. The lowest BCUT2D eigenvalue weighted by atomic mass is 10.2. The van der Waals surface area contributed by atoms with E-state index in [0.717, 1.165) is 5.56 Å². The zero-order valence-corrected chi connectivity index (χ0v) is 11.4. The largest absolute Gasteiger partial charge is 0.487 e. The molecule has 0 heterocycles. The zero-order valence-electron chi connectivity index (χ0n) is 9.91. The van der Waals surface area contributed by atoms with E-state index in [0.29, 0.717) is 28.1 Å². The lowest BCUT2D eigenvalue weighted by Gasteiger charge is -2.10. The van der Waals surface area contributed by atoms with Gasteiger partial charge < -0.3 is 10.5 Å². The molecule has 0 radical (unpaired) electrons. The van der Waals surface area contributed by atoms with Crippen LogP contribution in [-0.2, 0) is 6.61 Å². The Morgan fingerprint density at radius 3 is 2.33 bits per heavy atom. The molecule has 0 aliphatic rings. The summed E-state index contributed by atoms with van der Waals surface area (Å²) in [7, 11) is 0. The minimum atomic E-state index is 0.428. The fraction of sp³-hybridized carbons (Fsp3) is 0.143. The van der Waals surface area contributed by atoms with Crippen LogP contribution < -0.4 is 10.5 Å². The van der Waals surface area contributed by atoms with E-state index < -0.39 is 0 Å². The van der Waals surface area contributed by atoms with Crippen molar-refractivity contribution in [2.75, 3.05) is 5.73 Å². The molecule has 0 aliphatic carbocycles. The molecule has 18 heavy (non-hydrogen) atoms. The van der Waals surface area contributed by atoms with Crippen molar-refractivity contribution in [1.29, 1.82) is 0 Å². The maximum atomic E-state index is 5.92. The molecule has 0 saturated heterocycles. The van der Waals surface area contributed by atoms with Crippen LogP contribution in [0.2, 0.25) is 10.0 Å². The Balaban J connectivity index is 2.10. The standard InChI is InChI=1S/C14H13Cl2NO/c1-9-2-4-10(5-3-9)8-18-14-7-12(16)11(15)6-13(14)17/h2-7H,8,17H2,1H3. The van der Waals surface area contributed by atoms with Crippen molar-refractivity contribution in [2.24, 2.45) is 0 Å². The Bertz CT molecular complexity index is 552. The van der Waals surface area contributed by atoms with Crippen LogP contribution in [0.1, 0.15) is 11.1 Å². The van der Waals surface area contributed by atoms with E-state index >= 15 is 0 Å². The Kier molecular flexibility index (Phi) is 4.00. The maximum absolute atomic E-state index is 5.92. The van der Waals surface area contributed by atoms with Gasteiger partial charge in [-0.25, -0.2) is 0 Å². The van der Waals surface area contributed by atoms with Crippen LogP contribution in [-0.4, -0.2) is 0 Å². The van der Waals surface area contributed by atoms with Gasteiger partial charge in [0.05, 0.1) is 15.7 Å². The van der Waals surface area contributed by atoms with Crippen molar-refractivity contribution < 1.29 is 4.74 Å². The molecule has 0 aromatic heterocycles. The summed E-state index contributed by atoms with van der Waals surface area (Å²) < 4.78 is 5.63. The second kappa shape index (κ2) is 5.51. The predicted molar refractivity (Wildman–Crippen MR) is 76.4 cm³/mol. The number of nitrogen functional groups attached to an aromatic ring is 1. The molecule has 0 saturated carbocycles. The molecule has 2 rings (SSSR count). The van der Waals surface area contributed by atoms with Crippen molar-refractivity contribution in [3.63, 3.8) is 0 Å². The summed E-state index contributed by atoms with van der Waals surface area (Å²) in [6.45, 7) is 2.49. The zero-order chi connectivity index (χ0) is 13.1. The van der Waals surface area contributed by atoms with E-state index in [2.05, 4.69) is 0 Å². The number of benzene rings is 2. The second-order valence-electron chi connectivity index (χ2n) is 4.08. The number of nitrogens with two attached hydrogens (primary N) is 1. The summed E-state index contributed by atoms with van der Waals surface area (Å²) in [6.07, 6.45) is 0. The molecule has 0 amide bonds. The van der Waals surface area contributed by atoms with Crippen LogP contribution in [0.4, 0.5) is 5.69 Å². The molecule has 0 bridgehead atoms. The van der Waals surface area contributed by atoms with Crippen molar-refractivity contribution >= 4 is 28.9 Å². The lowest BCUT2D eigenvalue weighted by Crippen LogP contribution is -1.99. The van der Waals surface area contributed by atoms with E-state index in [1.54, 1.807) is 12.1 Å². The normalized spacial score (nSPS) is 10.4. The van der Waals surface area contributed by atoms with E-state index in [1.165, 1.54) is 5.56 Å². The predicted octanol–water partition coefficient (Wildman–Crippen LogP) is 4.46. The third-order valence-electron chi connectivity index (χ3n) is 2.57. The molecular weight excluding hydrogens is 269 g/mol. The molecule has 2 nitrogen and oxygen atoms in total. The van der Waals surface area contributed by atoms with Crippen LogP contribution in [0.3, 0.4) is 0 Å². The Morgan fingerprint density at radius 1 is 1.06 bits per heavy atom. The average molecular weight is 282 g/mol. The quantitative estimate of drug-likeness (QED) is 0.843. The molecular formula is C14H13Cl2NO. The second-order valence-corrected chi connectivity index (χ2v) is 4.89. The number of ether oxygens (including phenoxy) is 1. The van der Waals surface area contributed by atoms with Crippen LogP contribution in [0.25, 0.3) is 0 Å². The van der Waals surface area contributed by atoms with Crippen LogP contribution in [0, 0.1) is 6.92 Å². The molecule has 2 aromatic carbocycles. The average Bonchev–Trinajstić information content (AvgIpc) is 2.34. The Morgan fingerprint density at radius 2 is 1.67 bits per heavy atom. The molecule has 4 heteroatoms. The van der Waals surface area contributed by atoms with Gasteiger partial charge in [-0.1, -0.05) is 53.0 Å². The van der Waals surface area contributed by atoms with Crippen molar-refractivity contribution in [1.82, 2.24) is 0 Å². The van der Waals surface area contributed by atoms with Gasteiger partial charge in [-0.2, -0.15) is 0 Å². The van der Waals surface area contributed by atoms with Gasteiger partial charge in [0.25, 0.3) is 0 Å². The summed E-state index contributed by atoms with van der Waals surface area (Å²) in [6, 6.07) is 11.3. The van der Waals surface area contributed by atoms with Crippen LogP contribution in [0.5, 0.6) is 5.75 Å². The molecule has 0 aliphatic heterocycles. The van der Waals surface area contributed by atoms with Crippen molar-refractivity contribution in [3.8, 4) is 5.75 Å². The van der Waals surface area contributed by atoms with E-state index in [-0.39, 0.29) is 0 Å². The number of rotatable bonds is 3. The van der Waals surface area contributed by atoms with E-state index in [4.69, 9.17) is 33.7 Å². The molecule has 0 atom stereocenters. The molecule has 2 N–H and O–H groups in total. The summed E-state index contributed by atoms with van der Waals surface area (Å²) in [5, 5.41) is 0.863. The van der Waals surface area contributed by atoms with Gasteiger partial charge in [0.1, 0.15) is 12.4 Å². The number of hydrogen-bond acceptors (Lipinski definition) is 2. The number of anilines is 1. The molecule has 0 spiro atoms. The molecule has 0 fully saturated rings. The molecule has 2 aromatic rings. The summed E-state index contributed by atoms with van der Waals surface area (Å²) >= 11 is 11.8. The third kappa shape index (κ3) is 3.09. The summed E-state index contributed by atoms with van der Waals surface area (Å²) in [4.78, 5) is 0. The first-order valence-corrected chi connectivity index (χ1v) is 6.24. The third-order valence-corrected chi connectivity index (χ3v) is 3.29. The first-order chi connectivity index (χ1) is 8.56. The van der Waals surface area contributed by atoms with Gasteiger partial charge in [-0.05, 0) is 18.6 Å². The van der Waals surface area contributed by atoms with Crippen LogP contribution in [0.15, 0.2) is 36.4 Å². The van der Waals surface area contributed by atoms with Crippen LogP contribution >= 0.6 is 23.2 Å². The van der Waals surface area contributed by atoms with Gasteiger partial charge in [0.15, 0.2) is 0 Å². The van der Waals surface area contributed by atoms with Gasteiger partial charge in [-0.15, -0.1) is 0 Å². The van der Waals surface area contributed by atoms with E-state index in [9.17, 15) is 0 Å². The lowest BCUT2D eigenvalue weighted by molar-refractivity contribution is 0.308. The van der Waals surface area contributed by atoms with Crippen molar-refractivity contribution in [3.05, 3.63) is 57.6 Å². The fourth-order valence-corrected chi connectivity index (χ4v) is 1.84. The minimum absolute atomic E-state index is 0.428. The highest BCUT2D eigenvalue weighted by atomic mass is 35.5. The fourth-order valence-electron chi connectivity index (χ4n) is 1.51. The Labute approximate surface area is 116 Å². The van der Waals surface area contributed by atoms with E-state index in [1.807, 2.05) is 31.2 Å². The van der Waals surface area contributed by atoms with Gasteiger partial charge in [0, 0.05) is 6.07 Å². The number of aryl methyl sites for hydroxylation is 1. The SMILES string of the molecule is Cc1ccc(COc2cc(Cl)c(Cl)cc2N)cc1. The monoisotopic (exact) mass is 281 g/mol. The Hall–Kier alpha value is -1.38. The minimum Gasteiger partial charge on any atom is -0.487 e. The van der Waals surface area contributed by atoms with Gasteiger partial charge in [-0.3, -0.25) is 0 Å². The highest BCUT2D eigenvalue weighted by Crippen LogP contribution is 2.32. The first-order valence-electron chi connectivity index (χ1n) is 5.49. The van der Waals surface area contributed by atoms with Crippen molar-refractivity contribution in [2.45, 2.75) is 13.5 Å². The maximum Gasteiger partial charge on any atom is 0.144 e. The summed E-state index contributed by atoms with van der Waals surface area (Å²) in [5.74, 6) is 0.546. The molecule has 0 unspecified atom stereocenters. The topological polar surface area (TPSA) is 35.2 Å². The highest BCUT2D eigenvalue weighted by molar-refractivity contribution is 6.42. The number of halogens is 2. The smallest absolute Gasteiger partial charge is 0.144 e. The first kappa shape index (κ1) is 13.1. The summed E-state index contributed by atoms with van der Waals surface area (Å²) in [5.41, 5.74) is 8.58. The van der Waals surface area contributed by atoms with Gasteiger partial charge >= 0.3 is 0 Å². The van der Waals surface area contributed by atoms with Gasteiger partial charge in [0.2, 0.25) is 0 Å².